The summed E-state index contributed by atoms with van der Waals surface area (Å²) in [5, 5.41) is 2.48. The van der Waals surface area contributed by atoms with E-state index in [-0.39, 0.29) is 5.92 Å². The normalized spacial score (nSPS) is 12.4. The van der Waals surface area contributed by atoms with E-state index in [2.05, 4.69) is 0 Å². The molecule has 0 aliphatic carbocycles. The molecule has 0 radical (unpaired) electrons. The van der Waals surface area contributed by atoms with Gasteiger partial charge >= 0.3 is 0 Å². The van der Waals surface area contributed by atoms with Crippen LogP contribution in [-0.4, -0.2) is 6.54 Å². The van der Waals surface area contributed by atoms with Crippen LogP contribution in [-0.2, 0) is 6.42 Å². The first-order valence-corrected chi connectivity index (χ1v) is 7.62. The Bertz CT molecular complexity index is 593. The highest BCUT2D eigenvalue weighted by atomic mass is 35.5. The zero-order valence-corrected chi connectivity index (χ0v) is 13.6. The number of nitrogens with two attached hydrogens (primary N) is 1. The molecule has 0 fully saturated rings. The van der Waals surface area contributed by atoms with Crippen molar-refractivity contribution in [3.05, 3.63) is 67.6 Å². The molecule has 0 bridgehead atoms. The van der Waals surface area contributed by atoms with Crippen LogP contribution in [0.2, 0.25) is 20.1 Å². The smallest absolute Gasteiger partial charge is 0.0456 e. The fraction of sp³-hybridized carbons (Fsp3) is 0.200. The molecule has 2 aromatic carbocycles. The van der Waals surface area contributed by atoms with Gasteiger partial charge in [-0.15, -0.1) is 0 Å². The largest absolute Gasteiger partial charge is 0.330 e. The zero-order valence-electron chi connectivity index (χ0n) is 10.5. The van der Waals surface area contributed by atoms with Gasteiger partial charge in [-0.25, -0.2) is 0 Å². The molecule has 20 heavy (non-hydrogen) atoms. The standard InChI is InChI=1S/C15H13Cl4N/c16-11-5-4-9(14(19)7-11)6-10(8-20)15-12(17)2-1-3-13(15)18/h1-5,7,10H,6,8,20H2. The van der Waals surface area contributed by atoms with Crippen LogP contribution in [0.15, 0.2) is 36.4 Å². The molecular formula is C15H13Cl4N. The Labute approximate surface area is 138 Å². The molecule has 0 aliphatic heterocycles. The summed E-state index contributed by atoms with van der Waals surface area (Å²) in [6, 6.07) is 10.9. The maximum atomic E-state index is 6.24. The average Bonchev–Trinajstić information content (AvgIpc) is 2.39. The Hall–Kier alpha value is -0.440. The highest BCUT2D eigenvalue weighted by Gasteiger charge is 2.18. The first-order chi connectivity index (χ1) is 9.52. The summed E-state index contributed by atoms with van der Waals surface area (Å²) in [5.41, 5.74) is 7.72. The highest BCUT2D eigenvalue weighted by Crippen LogP contribution is 2.34. The van der Waals surface area contributed by atoms with Gasteiger partial charge in [0, 0.05) is 26.0 Å². The molecule has 1 unspecified atom stereocenters. The van der Waals surface area contributed by atoms with Gasteiger partial charge in [0.2, 0.25) is 0 Å². The van der Waals surface area contributed by atoms with Crippen molar-refractivity contribution < 1.29 is 0 Å². The Morgan fingerprint density at radius 2 is 1.55 bits per heavy atom. The fourth-order valence-corrected chi connectivity index (χ4v) is 3.35. The zero-order chi connectivity index (χ0) is 14.7. The van der Waals surface area contributed by atoms with E-state index in [1.807, 2.05) is 30.3 Å². The molecule has 0 aliphatic rings. The van der Waals surface area contributed by atoms with E-state index >= 15 is 0 Å². The molecule has 0 amide bonds. The number of hydrogen-bond acceptors (Lipinski definition) is 1. The summed E-state index contributed by atoms with van der Waals surface area (Å²) >= 11 is 24.6. The lowest BCUT2D eigenvalue weighted by atomic mass is 9.92. The van der Waals surface area contributed by atoms with Crippen LogP contribution in [0, 0.1) is 0 Å². The van der Waals surface area contributed by atoms with Crippen molar-refractivity contribution in [3.63, 3.8) is 0 Å². The molecular weight excluding hydrogens is 336 g/mol. The second kappa shape index (κ2) is 7.02. The van der Waals surface area contributed by atoms with Gasteiger partial charge in [0.25, 0.3) is 0 Å². The van der Waals surface area contributed by atoms with E-state index in [1.54, 1.807) is 6.07 Å². The molecule has 0 spiro atoms. The summed E-state index contributed by atoms with van der Waals surface area (Å²) in [7, 11) is 0. The van der Waals surface area contributed by atoms with Crippen LogP contribution in [0.3, 0.4) is 0 Å². The fourth-order valence-electron chi connectivity index (χ4n) is 2.16. The maximum Gasteiger partial charge on any atom is 0.0456 e. The van der Waals surface area contributed by atoms with Crippen LogP contribution >= 0.6 is 46.4 Å². The number of halogens is 4. The van der Waals surface area contributed by atoms with Gasteiger partial charge in [-0.05, 0) is 48.4 Å². The number of benzene rings is 2. The van der Waals surface area contributed by atoms with E-state index in [0.717, 1.165) is 11.1 Å². The Morgan fingerprint density at radius 3 is 2.10 bits per heavy atom. The SMILES string of the molecule is NCC(Cc1ccc(Cl)cc1Cl)c1c(Cl)cccc1Cl. The van der Waals surface area contributed by atoms with Gasteiger partial charge in [0.1, 0.15) is 0 Å². The third-order valence-electron chi connectivity index (χ3n) is 3.17. The molecule has 2 N–H and O–H groups in total. The van der Waals surface area contributed by atoms with E-state index in [4.69, 9.17) is 52.1 Å². The predicted octanol–water partition coefficient (Wildman–Crippen LogP) is 5.59. The summed E-state index contributed by atoms with van der Waals surface area (Å²) in [4.78, 5) is 0. The molecule has 0 saturated heterocycles. The molecule has 106 valence electrons. The third-order valence-corrected chi connectivity index (χ3v) is 4.42. The maximum absolute atomic E-state index is 6.24. The summed E-state index contributed by atoms with van der Waals surface area (Å²) in [6.07, 6.45) is 0.663. The summed E-state index contributed by atoms with van der Waals surface area (Å²) in [5.74, 6) is 0.00914. The summed E-state index contributed by atoms with van der Waals surface area (Å²) in [6.45, 7) is 0.433. The Kier molecular flexibility index (Phi) is 5.59. The van der Waals surface area contributed by atoms with Crippen molar-refractivity contribution in [2.24, 2.45) is 5.73 Å². The van der Waals surface area contributed by atoms with Gasteiger partial charge in [-0.2, -0.15) is 0 Å². The topological polar surface area (TPSA) is 26.0 Å². The van der Waals surface area contributed by atoms with Gasteiger partial charge < -0.3 is 5.73 Å². The predicted molar refractivity (Wildman–Crippen MR) is 88.4 cm³/mol. The van der Waals surface area contributed by atoms with Crippen molar-refractivity contribution in [3.8, 4) is 0 Å². The minimum Gasteiger partial charge on any atom is -0.330 e. The molecule has 5 heteroatoms. The lowest BCUT2D eigenvalue weighted by Crippen LogP contribution is -2.16. The second-order valence-corrected chi connectivity index (χ2v) is 6.17. The van der Waals surface area contributed by atoms with Crippen molar-refractivity contribution in [1.82, 2.24) is 0 Å². The monoisotopic (exact) mass is 347 g/mol. The van der Waals surface area contributed by atoms with Crippen molar-refractivity contribution in [2.45, 2.75) is 12.3 Å². The highest BCUT2D eigenvalue weighted by molar-refractivity contribution is 6.36. The molecule has 1 nitrogen and oxygen atoms in total. The summed E-state index contributed by atoms with van der Waals surface area (Å²) < 4.78 is 0. The Balaban J connectivity index is 2.34. The van der Waals surface area contributed by atoms with Gasteiger partial charge in [0.15, 0.2) is 0 Å². The molecule has 1 atom stereocenters. The molecule has 0 saturated carbocycles. The molecule has 2 aromatic rings. The van der Waals surface area contributed by atoms with E-state index < -0.39 is 0 Å². The lowest BCUT2D eigenvalue weighted by Gasteiger charge is -2.19. The number of rotatable bonds is 4. The average molecular weight is 349 g/mol. The van der Waals surface area contributed by atoms with E-state index in [9.17, 15) is 0 Å². The molecule has 0 aromatic heterocycles. The van der Waals surface area contributed by atoms with Gasteiger partial charge in [-0.1, -0.05) is 58.5 Å². The number of hydrogen-bond donors (Lipinski definition) is 1. The third kappa shape index (κ3) is 3.60. The molecule has 0 heterocycles. The molecule has 2 rings (SSSR count). The Morgan fingerprint density at radius 1 is 0.900 bits per heavy atom. The van der Waals surface area contributed by atoms with Crippen molar-refractivity contribution in [2.75, 3.05) is 6.54 Å². The minimum atomic E-state index is 0.00914. The van der Waals surface area contributed by atoms with Crippen molar-refractivity contribution in [1.29, 1.82) is 0 Å². The first-order valence-electron chi connectivity index (χ1n) is 6.10. The van der Waals surface area contributed by atoms with Gasteiger partial charge in [-0.3, -0.25) is 0 Å². The van der Waals surface area contributed by atoms with Crippen LogP contribution in [0.25, 0.3) is 0 Å². The van der Waals surface area contributed by atoms with Gasteiger partial charge in [0.05, 0.1) is 0 Å². The first kappa shape index (κ1) is 15.9. The van der Waals surface area contributed by atoms with Crippen LogP contribution in [0.1, 0.15) is 17.0 Å². The van der Waals surface area contributed by atoms with Crippen LogP contribution in [0.5, 0.6) is 0 Å². The quantitative estimate of drug-likeness (QED) is 0.766. The minimum absolute atomic E-state index is 0.00914. The van der Waals surface area contributed by atoms with Crippen LogP contribution < -0.4 is 5.73 Å². The van der Waals surface area contributed by atoms with E-state index in [0.29, 0.717) is 33.1 Å². The van der Waals surface area contributed by atoms with E-state index in [1.165, 1.54) is 0 Å². The second-order valence-electron chi connectivity index (χ2n) is 4.51. The lowest BCUT2D eigenvalue weighted by molar-refractivity contribution is 0.695. The van der Waals surface area contributed by atoms with Crippen molar-refractivity contribution >= 4 is 46.4 Å². The van der Waals surface area contributed by atoms with Crippen LogP contribution in [0.4, 0.5) is 0 Å².